The molecule has 1 aromatic heterocycles. The monoisotopic (exact) mass is 282 g/mol. The van der Waals surface area contributed by atoms with E-state index in [2.05, 4.69) is 4.98 Å². The largest absolute Gasteiger partial charge is 0.494 e. The van der Waals surface area contributed by atoms with Gasteiger partial charge in [0.05, 0.1) is 17.7 Å². The molecule has 2 unspecified atom stereocenters. The van der Waals surface area contributed by atoms with Gasteiger partial charge >= 0.3 is 5.69 Å². The Labute approximate surface area is 117 Å². The Bertz CT molecular complexity index is 627. The van der Waals surface area contributed by atoms with Gasteiger partial charge in [-0.25, -0.2) is 4.79 Å². The molecule has 1 heterocycles. The molecule has 0 bridgehead atoms. The number of aromatic amines is 1. The first-order valence-electron chi connectivity index (χ1n) is 6.82. The topological polar surface area (TPSA) is 84.3 Å². The van der Waals surface area contributed by atoms with E-state index in [9.17, 15) is 14.7 Å². The van der Waals surface area contributed by atoms with Crippen LogP contribution in [0.4, 0.5) is 0 Å². The van der Waals surface area contributed by atoms with Gasteiger partial charge in [-0.3, -0.25) is 14.3 Å². The number of aromatic nitrogens is 2. The minimum absolute atomic E-state index is 0.0354. The molecule has 0 aromatic carbocycles. The molecule has 1 saturated carbocycles. The number of H-pyrrole nitrogens is 1. The van der Waals surface area contributed by atoms with Gasteiger partial charge in [0.25, 0.3) is 5.56 Å². The Morgan fingerprint density at radius 3 is 2.45 bits per heavy atom. The summed E-state index contributed by atoms with van der Waals surface area (Å²) in [5.41, 5.74) is -1.10. The molecule has 6 heteroatoms. The first kappa shape index (κ1) is 14.8. The fourth-order valence-corrected chi connectivity index (χ4v) is 3.06. The van der Waals surface area contributed by atoms with E-state index in [4.69, 9.17) is 4.74 Å². The quantitative estimate of drug-likeness (QED) is 0.876. The summed E-state index contributed by atoms with van der Waals surface area (Å²) in [5.74, 6) is -0.381. The first-order valence-corrected chi connectivity index (χ1v) is 6.82. The summed E-state index contributed by atoms with van der Waals surface area (Å²) in [4.78, 5) is 26.2. The molecule has 1 aromatic rings. The fraction of sp³-hybridized carbons (Fsp3) is 0.714. The molecule has 6 nitrogen and oxygen atoms in total. The van der Waals surface area contributed by atoms with E-state index in [0.29, 0.717) is 6.42 Å². The lowest BCUT2D eigenvalue weighted by Crippen LogP contribution is -2.54. The summed E-state index contributed by atoms with van der Waals surface area (Å²) in [6.45, 7) is 7.59. The predicted octanol–water partition coefficient (Wildman–Crippen LogP) is 1.35. The van der Waals surface area contributed by atoms with Crippen LogP contribution in [-0.2, 0) is 4.74 Å². The van der Waals surface area contributed by atoms with Crippen molar-refractivity contribution in [2.45, 2.75) is 52.2 Å². The minimum Gasteiger partial charge on any atom is -0.494 e. The minimum atomic E-state index is -0.565. The summed E-state index contributed by atoms with van der Waals surface area (Å²) in [6, 6.07) is -0.186. The van der Waals surface area contributed by atoms with Crippen LogP contribution in [0, 0.1) is 5.41 Å². The number of nitrogens with one attached hydrogen (secondary N) is 1. The number of rotatable bonds is 3. The summed E-state index contributed by atoms with van der Waals surface area (Å²) >= 11 is 0. The second-order valence-electron chi connectivity index (χ2n) is 6.32. The Morgan fingerprint density at radius 1 is 1.40 bits per heavy atom. The van der Waals surface area contributed by atoms with Crippen molar-refractivity contribution in [3.8, 4) is 5.88 Å². The molecule has 2 rings (SSSR count). The van der Waals surface area contributed by atoms with Crippen LogP contribution in [-0.4, -0.2) is 27.9 Å². The third-order valence-electron chi connectivity index (χ3n) is 4.45. The maximum absolute atomic E-state index is 12.1. The third-order valence-corrected chi connectivity index (χ3v) is 4.45. The Kier molecular flexibility index (Phi) is 3.54. The van der Waals surface area contributed by atoms with E-state index in [1.807, 2.05) is 27.7 Å². The van der Waals surface area contributed by atoms with Crippen LogP contribution in [0.15, 0.2) is 9.59 Å². The predicted molar refractivity (Wildman–Crippen MR) is 75.3 cm³/mol. The average Bonchev–Trinajstić information content (AvgIpc) is 2.31. The highest BCUT2D eigenvalue weighted by Crippen LogP contribution is 2.51. The fourth-order valence-electron chi connectivity index (χ4n) is 3.06. The maximum atomic E-state index is 12.1. The van der Waals surface area contributed by atoms with Crippen LogP contribution < -0.4 is 11.2 Å². The van der Waals surface area contributed by atoms with Crippen molar-refractivity contribution in [3.63, 3.8) is 0 Å². The summed E-state index contributed by atoms with van der Waals surface area (Å²) in [7, 11) is 1.64. The second-order valence-corrected chi connectivity index (χ2v) is 6.32. The van der Waals surface area contributed by atoms with Crippen LogP contribution in [0.3, 0.4) is 0 Å². The van der Waals surface area contributed by atoms with Crippen molar-refractivity contribution >= 4 is 0 Å². The van der Waals surface area contributed by atoms with Crippen molar-refractivity contribution in [1.82, 2.24) is 9.55 Å². The van der Waals surface area contributed by atoms with Crippen LogP contribution in [0.1, 0.15) is 51.6 Å². The molecule has 20 heavy (non-hydrogen) atoms. The van der Waals surface area contributed by atoms with Crippen molar-refractivity contribution in [2.24, 2.45) is 5.41 Å². The van der Waals surface area contributed by atoms with E-state index in [0.717, 1.165) is 0 Å². The van der Waals surface area contributed by atoms with E-state index < -0.39 is 11.2 Å². The third kappa shape index (κ3) is 1.98. The van der Waals surface area contributed by atoms with Crippen molar-refractivity contribution in [2.75, 3.05) is 7.11 Å². The van der Waals surface area contributed by atoms with Gasteiger partial charge in [-0.15, -0.1) is 0 Å². The first-order chi connectivity index (χ1) is 9.21. The van der Waals surface area contributed by atoms with Crippen LogP contribution in [0.5, 0.6) is 5.88 Å². The lowest BCUT2D eigenvalue weighted by molar-refractivity contribution is -0.115. The molecule has 0 radical (unpaired) electrons. The Morgan fingerprint density at radius 2 is 2.00 bits per heavy atom. The highest BCUT2D eigenvalue weighted by atomic mass is 16.5. The number of hydrogen-bond donors (Lipinski definition) is 2. The zero-order chi connectivity index (χ0) is 15.2. The van der Waals surface area contributed by atoms with E-state index in [1.54, 1.807) is 7.11 Å². The summed E-state index contributed by atoms with van der Waals surface area (Å²) in [5, 5.41) is 10.3. The Hall–Kier alpha value is -1.56. The standard InChI is InChI=1S/C14H22N2O4/c1-7(2)10-11(17)15-13(19)16(12(10)18)8-6-9(20-5)14(8,3)4/h7-9,18H,6H2,1-5H3,(H,15,17,19). The molecule has 0 spiro atoms. The number of ether oxygens (including phenoxy) is 1. The summed E-state index contributed by atoms with van der Waals surface area (Å²) in [6.07, 6.45) is 0.675. The number of methoxy groups -OCH3 is 1. The van der Waals surface area contributed by atoms with Gasteiger partial charge in [0.15, 0.2) is 0 Å². The zero-order valence-corrected chi connectivity index (χ0v) is 12.6. The summed E-state index contributed by atoms with van der Waals surface area (Å²) < 4.78 is 6.66. The Balaban J connectivity index is 2.57. The zero-order valence-electron chi connectivity index (χ0n) is 12.6. The van der Waals surface area contributed by atoms with Gasteiger partial charge in [0.2, 0.25) is 5.88 Å². The molecule has 0 aliphatic heterocycles. The lowest BCUT2D eigenvalue weighted by Gasteiger charge is -2.51. The molecular weight excluding hydrogens is 260 g/mol. The van der Waals surface area contributed by atoms with Gasteiger partial charge in [-0.1, -0.05) is 27.7 Å². The van der Waals surface area contributed by atoms with Crippen molar-refractivity contribution in [1.29, 1.82) is 0 Å². The lowest BCUT2D eigenvalue weighted by atomic mass is 9.64. The van der Waals surface area contributed by atoms with Gasteiger partial charge in [-0.05, 0) is 12.3 Å². The molecule has 2 N–H and O–H groups in total. The van der Waals surface area contributed by atoms with Crippen LogP contribution in [0.2, 0.25) is 0 Å². The molecule has 0 saturated heterocycles. The van der Waals surface area contributed by atoms with E-state index in [-0.39, 0.29) is 34.9 Å². The number of aromatic hydroxyl groups is 1. The normalized spacial score (nSPS) is 24.7. The highest BCUT2D eigenvalue weighted by molar-refractivity contribution is 5.27. The van der Waals surface area contributed by atoms with Crippen molar-refractivity contribution < 1.29 is 9.84 Å². The van der Waals surface area contributed by atoms with Crippen molar-refractivity contribution in [3.05, 3.63) is 26.4 Å². The van der Waals surface area contributed by atoms with E-state index in [1.165, 1.54) is 4.57 Å². The van der Waals surface area contributed by atoms with Gasteiger partial charge < -0.3 is 9.84 Å². The van der Waals surface area contributed by atoms with E-state index >= 15 is 0 Å². The molecule has 1 aliphatic rings. The van der Waals surface area contributed by atoms with Gasteiger partial charge in [-0.2, -0.15) is 0 Å². The molecule has 1 aliphatic carbocycles. The highest BCUT2D eigenvalue weighted by Gasteiger charge is 2.51. The van der Waals surface area contributed by atoms with Crippen LogP contribution >= 0.6 is 0 Å². The number of hydrogen-bond acceptors (Lipinski definition) is 4. The molecule has 0 amide bonds. The molecule has 112 valence electrons. The SMILES string of the molecule is COC1CC(n2c(O)c(C(C)C)c(=O)[nH]c2=O)C1(C)C. The smallest absolute Gasteiger partial charge is 0.331 e. The second kappa shape index (κ2) is 4.77. The maximum Gasteiger partial charge on any atom is 0.331 e. The molecule has 1 fully saturated rings. The molecule has 2 atom stereocenters. The van der Waals surface area contributed by atoms with Crippen LogP contribution in [0.25, 0.3) is 0 Å². The molecular formula is C14H22N2O4. The van der Waals surface area contributed by atoms with Gasteiger partial charge in [0.1, 0.15) is 0 Å². The average molecular weight is 282 g/mol. The number of nitrogens with zero attached hydrogens (tertiary/aromatic N) is 1. The van der Waals surface area contributed by atoms with Gasteiger partial charge in [0, 0.05) is 12.5 Å².